The smallest absolute Gasteiger partial charge is 0.255 e. The molecule has 33 heavy (non-hydrogen) atoms. The van der Waals surface area contributed by atoms with Gasteiger partial charge in [0.1, 0.15) is 5.52 Å². The number of hydrogen-bond acceptors (Lipinski definition) is 5. The minimum atomic E-state index is -3.57. The number of nitrogens with one attached hydrogen (secondary N) is 1. The second-order valence-corrected chi connectivity index (χ2v) is 9.77. The fourth-order valence-corrected chi connectivity index (χ4v) is 4.56. The van der Waals surface area contributed by atoms with Crippen molar-refractivity contribution in [3.8, 4) is 11.5 Å². The number of unbranched alkanes of at least 4 members (excludes halogenated alkanes) is 1. The van der Waals surface area contributed by atoms with Gasteiger partial charge in [0.15, 0.2) is 5.58 Å². The van der Waals surface area contributed by atoms with Gasteiger partial charge in [0, 0.05) is 30.4 Å². The van der Waals surface area contributed by atoms with E-state index < -0.39 is 10.0 Å². The van der Waals surface area contributed by atoms with Gasteiger partial charge in [-0.3, -0.25) is 4.79 Å². The maximum atomic E-state index is 12.6. The number of nitrogens with zero attached hydrogens (tertiary/aromatic N) is 2. The summed E-state index contributed by atoms with van der Waals surface area (Å²) in [6, 6.07) is 20.7. The molecule has 1 heterocycles. The minimum Gasteiger partial charge on any atom is -0.436 e. The van der Waals surface area contributed by atoms with Crippen molar-refractivity contribution in [3.05, 3.63) is 78.4 Å². The number of carbonyl (C=O) groups excluding carboxylic acids is 1. The Morgan fingerprint density at radius 1 is 1.00 bits per heavy atom. The molecule has 0 aliphatic carbocycles. The largest absolute Gasteiger partial charge is 0.436 e. The SMILES string of the molecule is CCCCN(C)S(=O)(=O)c1ccc(C(=O)Nc2ccc(-c3nc4ccccc4o3)cc2)cc1. The van der Waals surface area contributed by atoms with Crippen LogP contribution in [0.1, 0.15) is 30.1 Å². The van der Waals surface area contributed by atoms with Crippen LogP contribution in [-0.4, -0.2) is 37.2 Å². The molecule has 4 aromatic rings. The van der Waals surface area contributed by atoms with E-state index in [-0.39, 0.29) is 10.8 Å². The van der Waals surface area contributed by atoms with Crippen molar-refractivity contribution in [2.75, 3.05) is 18.9 Å². The molecule has 1 amide bonds. The summed E-state index contributed by atoms with van der Waals surface area (Å²) in [5.41, 5.74) is 3.27. The van der Waals surface area contributed by atoms with Gasteiger partial charge in [-0.15, -0.1) is 0 Å². The van der Waals surface area contributed by atoms with E-state index >= 15 is 0 Å². The van der Waals surface area contributed by atoms with Gasteiger partial charge in [-0.05, 0) is 67.1 Å². The quantitative estimate of drug-likeness (QED) is 0.389. The number of carbonyl (C=O) groups is 1. The van der Waals surface area contributed by atoms with Gasteiger partial charge in [0.25, 0.3) is 5.91 Å². The Bertz CT molecular complexity index is 1330. The van der Waals surface area contributed by atoms with Gasteiger partial charge < -0.3 is 9.73 Å². The molecule has 8 heteroatoms. The van der Waals surface area contributed by atoms with Gasteiger partial charge in [0.05, 0.1) is 4.90 Å². The van der Waals surface area contributed by atoms with E-state index in [1.807, 2.05) is 43.3 Å². The first kappa shape index (κ1) is 22.7. The number of oxazole rings is 1. The Hall–Kier alpha value is -3.49. The highest BCUT2D eigenvalue weighted by atomic mass is 32.2. The van der Waals surface area contributed by atoms with Crippen LogP contribution >= 0.6 is 0 Å². The molecule has 0 aliphatic rings. The fraction of sp³-hybridized carbons (Fsp3) is 0.200. The van der Waals surface area contributed by atoms with E-state index in [0.29, 0.717) is 29.3 Å². The second kappa shape index (κ2) is 9.56. The van der Waals surface area contributed by atoms with Crippen LogP contribution in [0.25, 0.3) is 22.6 Å². The molecule has 0 saturated carbocycles. The Labute approximate surface area is 193 Å². The summed E-state index contributed by atoms with van der Waals surface area (Å²) in [6.07, 6.45) is 1.70. The van der Waals surface area contributed by atoms with E-state index in [2.05, 4.69) is 10.3 Å². The van der Waals surface area contributed by atoms with Crippen LogP contribution in [0.5, 0.6) is 0 Å². The lowest BCUT2D eigenvalue weighted by atomic mass is 10.2. The number of benzene rings is 3. The standard InChI is InChI=1S/C25H25N3O4S/c1-3-4-17-28(2)33(30,31)21-15-11-18(12-16-21)24(29)26-20-13-9-19(10-14-20)25-27-22-7-5-6-8-23(22)32-25/h5-16H,3-4,17H2,1-2H3,(H,26,29). The third kappa shape index (κ3) is 4.97. The molecule has 0 saturated heterocycles. The maximum absolute atomic E-state index is 12.6. The van der Waals surface area contributed by atoms with E-state index in [4.69, 9.17) is 4.42 Å². The summed E-state index contributed by atoms with van der Waals surface area (Å²) in [4.78, 5) is 17.3. The molecular weight excluding hydrogens is 438 g/mol. The summed E-state index contributed by atoms with van der Waals surface area (Å²) >= 11 is 0. The zero-order chi connectivity index (χ0) is 23.4. The van der Waals surface area contributed by atoms with Crippen LogP contribution in [-0.2, 0) is 10.0 Å². The molecular formula is C25H25N3O4S. The molecule has 0 unspecified atom stereocenters. The number of hydrogen-bond donors (Lipinski definition) is 1. The van der Waals surface area contributed by atoms with E-state index in [0.717, 1.165) is 23.9 Å². The molecule has 0 radical (unpaired) electrons. The topological polar surface area (TPSA) is 92.5 Å². The molecule has 0 spiro atoms. The van der Waals surface area contributed by atoms with Crippen LogP contribution in [0.4, 0.5) is 5.69 Å². The maximum Gasteiger partial charge on any atom is 0.255 e. The Kier molecular flexibility index (Phi) is 6.57. The molecule has 0 fully saturated rings. The summed E-state index contributed by atoms with van der Waals surface area (Å²) in [5.74, 6) is 0.183. The van der Waals surface area contributed by atoms with Crippen molar-refractivity contribution in [2.24, 2.45) is 0 Å². The van der Waals surface area contributed by atoms with Crippen LogP contribution < -0.4 is 5.32 Å². The third-order valence-corrected chi connectivity index (χ3v) is 7.21. The van der Waals surface area contributed by atoms with Crippen LogP contribution in [0.15, 0.2) is 82.1 Å². The molecule has 1 N–H and O–H groups in total. The van der Waals surface area contributed by atoms with Gasteiger partial charge in [-0.2, -0.15) is 0 Å². The third-order valence-electron chi connectivity index (χ3n) is 5.33. The number of sulfonamides is 1. The van der Waals surface area contributed by atoms with Crippen molar-refractivity contribution in [1.29, 1.82) is 0 Å². The number of amides is 1. The van der Waals surface area contributed by atoms with Crippen molar-refractivity contribution in [3.63, 3.8) is 0 Å². The predicted molar refractivity (Wildman–Crippen MR) is 129 cm³/mol. The number of anilines is 1. The number of para-hydroxylation sites is 2. The van der Waals surface area contributed by atoms with Crippen molar-refractivity contribution >= 4 is 32.7 Å². The predicted octanol–water partition coefficient (Wildman–Crippen LogP) is 5.17. The molecule has 3 aromatic carbocycles. The lowest BCUT2D eigenvalue weighted by molar-refractivity contribution is 0.102. The second-order valence-electron chi connectivity index (χ2n) is 7.72. The summed E-state index contributed by atoms with van der Waals surface area (Å²) in [7, 11) is -2.00. The highest BCUT2D eigenvalue weighted by Gasteiger charge is 2.20. The molecule has 4 rings (SSSR count). The van der Waals surface area contributed by atoms with Crippen LogP contribution in [0.2, 0.25) is 0 Å². The fourth-order valence-electron chi connectivity index (χ4n) is 3.35. The Balaban J connectivity index is 1.44. The lowest BCUT2D eigenvalue weighted by Crippen LogP contribution is -2.28. The molecule has 7 nitrogen and oxygen atoms in total. The Morgan fingerprint density at radius 2 is 1.70 bits per heavy atom. The molecule has 0 atom stereocenters. The van der Waals surface area contributed by atoms with Gasteiger partial charge in [-0.1, -0.05) is 25.5 Å². The zero-order valence-electron chi connectivity index (χ0n) is 18.5. The normalized spacial score (nSPS) is 11.7. The molecule has 0 aliphatic heterocycles. The molecule has 0 bridgehead atoms. The summed E-state index contributed by atoms with van der Waals surface area (Å²) in [6.45, 7) is 2.47. The first-order valence-corrected chi connectivity index (χ1v) is 12.2. The molecule has 170 valence electrons. The van der Waals surface area contributed by atoms with E-state index in [1.165, 1.54) is 28.6 Å². The highest BCUT2D eigenvalue weighted by Crippen LogP contribution is 2.25. The van der Waals surface area contributed by atoms with E-state index in [9.17, 15) is 13.2 Å². The highest BCUT2D eigenvalue weighted by molar-refractivity contribution is 7.89. The monoisotopic (exact) mass is 463 g/mol. The Morgan fingerprint density at radius 3 is 2.36 bits per heavy atom. The van der Waals surface area contributed by atoms with Crippen LogP contribution in [0, 0.1) is 0 Å². The summed E-state index contributed by atoms with van der Waals surface area (Å²) in [5, 5.41) is 2.82. The first-order chi connectivity index (χ1) is 15.9. The summed E-state index contributed by atoms with van der Waals surface area (Å²) < 4.78 is 32.4. The average molecular weight is 464 g/mol. The van der Waals surface area contributed by atoms with Crippen molar-refractivity contribution in [2.45, 2.75) is 24.7 Å². The van der Waals surface area contributed by atoms with Gasteiger partial charge in [-0.25, -0.2) is 17.7 Å². The number of aromatic nitrogens is 1. The number of fused-ring (bicyclic) bond motifs is 1. The van der Waals surface area contributed by atoms with Crippen molar-refractivity contribution < 1.29 is 17.6 Å². The average Bonchev–Trinajstić information content (AvgIpc) is 3.27. The van der Waals surface area contributed by atoms with Crippen LogP contribution in [0.3, 0.4) is 0 Å². The van der Waals surface area contributed by atoms with Crippen molar-refractivity contribution in [1.82, 2.24) is 9.29 Å². The first-order valence-electron chi connectivity index (χ1n) is 10.7. The zero-order valence-corrected chi connectivity index (χ0v) is 19.3. The minimum absolute atomic E-state index is 0.167. The lowest BCUT2D eigenvalue weighted by Gasteiger charge is -2.17. The van der Waals surface area contributed by atoms with Gasteiger partial charge >= 0.3 is 0 Å². The number of rotatable bonds is 8. The van der Waals surface area contributed by atoms with E-state index in [1.54, 1.807) is 19.2 Å². The van der Waals surface area contributed by atoms with Gasteiger partial charge in [0.2, 0.25) is 15.9 Å². The molecule has 1 aromatic heterocycles.